The van der Waals surface area contributed by atoms with Crippen molar-refractivity contribution in [3.8, 4) is 0 Å². The van der Waals surface area contributed by atoms with Crippen molar-refractivity contribution in [1.29, 1.82) is 0 Å². The highest BCUT2D eigenvalue weighted by Crippen LogP contribution is 2.13. The van der Waals surface area contributed by atoms with Gasteiger partial charge in [0.1, 0.15) is 0 Å². The van der Waals surface area contributed by atoms with Crippen LogP contribution in [0.5, 0.6) is 0 Å². The van der Waals surface area contributed by atoms with E-state index >= 15 is 0 Å². The molecule has 0 bridgehead atoms. The molecule has 0 fully saturated rings. The van der Waals surface area contributed by atoms with E-state index in [-0.39, 0.29) is 5.91 Å². The molecule has 1 amide bonds. The number of rotatable bonds is 7. The second kappa shape index (κ2) is 8.98. The second-order valence-corrected chi connectivity index (χ2v) is 4.91. The van der Waals surface area contributed by atoms with Gasteiger partial charge < -0.3 is 4.90 Å². The fourth-order valence-electron chi connectivity index (χ4n) is 1.53. The quantitative estimate of drug-likeness (QED) is 0.384. The van der Waals surface area contributed by atoms with Gasteiger partial charge in [0.2, 0.25) is 5.91 Å². The van der Waals surface area contributed by atoms with Gasteiger partial charge >= 0.3 is 0 Å². The molecule has 0 radical (unpaired) electrons. The second-order valence-electron chi connectivity index (χ2n) is 4.48. The monoisotopic (exact) mass is 269 g/mol. The van der Waals surface area contributed by atoms with Crippen LogP contribution in [-0.4, -0.2) is 24.4 Å². The Morgan fingerprint density at radius 3 is 2.44 bits per heavy atom. The molecule has 18 heavy (non-hydrogen) atoms. The first-order valence-electron chi connectivity index (χ1n) is 6.36. The average molecular weight is 270 g/mol. The first-order chi connectivity index (χ1) is 8.43. The number of hydrogen-bond acceptors (Lipinski definition) is 1. The van der Waals surface area contributed by atoms with E-state index < -0.39 is 0 Å². The van der Waals surface area contributed by atoms with Gasteiger partial charge in [-0.3, -0.25) is 4.79 Å². The standard InChI is InChI=1S/C15H24ClNO/c1-6-8-9-10-17(5)15(18)13(4)12(3)11-14(16)7-2/h7,11H,2,6,8-10H2,1,3-5H3/b13-12+,14-11+. The molecule has 0 aliphatic carbocycles. The molecule has 0 saturated heterocycles. The van der Waals surface area contributed by atoms with Crippen LogP contribution >= 0.6 is 11.6 Å². The van der Waals surface area contributed by atoms with Crippen LogP contribution in [0.15, 0.2) is 34.9 Å². The molecular weight excluding hydrogens is 246 g/mol. The summed E-state index contributed by atoms with van der Waals surface area (Å²) in [5.74, 6) is 0.0633. The van der Waals surface area contributed by atoms with Crippen LogP contribution in [-0.2, 0) is 4.79 Å². The van der Waals surface area contributed by atoms with E-state index in [4.69, 9.17) is 11.6 Å². The normalized spacial score (nSPS) is 13.1. The predicted octanol–water partition coefficient (Wildman–Crippen LogP) is 4.28. The highest BCUT2D eigenvalue weighted by atomic mass is 35.5. The number of nitrogens with zero attached hydrogens (tertiary/aromatic N) is 1. The molecular formula is C15H24ClNO. The summed E-state index contributed by atoms with van der Waals surface area (Å²) in [7, 11) is 1.84. The highest BCUT2D eigenvalue weighted by Gasteiger charge is 2.12. The van der Waals surface area contributed by atoms with Gasteiger partial charge in [0.05, 0.1) is 0 Å². The van der Waals surface area contributed by atoms with E-state index in [0.717, 1.165) is 37.0 Å². The smallest absolute Gasteiger partial charge is 0.249 e. The Hall–Kier alpha value is -1.02. The first kappa shape index (κ1) is 17.0. The van der Waals surface area contributed by atoms with Crippen LogP contribution in [0.1, 0.15) is 40.0 Å². The summed E-state index contributed by atoms with van der Waals surface area (Å²) in [4.78, 5) is 13.9. The maximum absolute atomic E-state index is 12.1. The van der Waals surface area contributed by atoms with Gasteiger partial charge in [0, 0.05) is 24.2 Å². The highest BCUT2D eigenvalue weighted by molar-refractivity contribution is 6.31. The van der Waals surface area contributed by atoms with Gasteiger partial charge in [0.25, 0.3) is 0 Å². The number of carbonyl (C=O) groups is 1. The Balaban J connectivity index is 4.66. The van der Waals surface area contributed by atoms with Crippen molar-refractivity contribution in [3.05, 3.63) is 34.9 Å². The molecule has 3 heteroatoms. The SMILES string of the molecule is C=C/C(Cl)=C\C(C)=C(/C)C(=O)N(C)CCCCC. The van der Waals surface area contributed by atoms with E-state index in [0.29, 0.717) is 5.03 Å². The maximum Gasteiger partial charge on any atom is 0.249 e. The maximum atomic E-state index is 12.1. The first-order valence-corrected chi connectivity index (χ1v) is 6.74. The zero-order valence-electron chi connectivity index (χ0n) is 11.9. The number of likely N-dealkylation sites (N-methyl/N-ethyl adjacent to an activating group) is 1. The predicted molar refractivity (Wildman–Crippen MR) is 79.7 cm³/mol. The van der Waals surface area contributed by atoms with Crippen LogP contribution < -0.4 is 0 Å². The molecule has 0 heterocycles. The zero-order chi connectivity index (χ0) is 14.1. The van der Waals surface area contributed by atoms with Gasteiger partial charge in [-0.2, -0.15) is 0 Å². The van der Waals surface area contributed by atoms with Crippen molar-refractivity contribution < 1.29 is 4.79 Å². The lowest BCUT2D eigenvalue weighted by atomic mass is 10.1. The van der Waals surface area contributed by atoms with Crippen LogP contribution in [0.2, 0.25) is 0 Å². The average Bonchev–Trinajstić information content (AvgIpc) is 2.36. The Bertz CT molecular complexity index is 356. The van der Waals surface area contributed by atoms with Crippen LogP contribution in [0.25, 0.3) is 0 Å². The number of unbranched alkanes of at least 4 members (excludes halogenated alkanes) is 2. The molecule has 0 saturated carbocycles. The Morgan fingerprint density at radius 2 is 1.94 bits per heavy atom. The molecule has 0 aromatic carbocycles. The van der Waals surface area contributed by atoms with E-state index in [2.05, 4.69) is 13.5 Å². The number of hydrogen-bond donors (Lipinski definition) is 0. The lowest BCUT2D eigenvalue weighted by Crippen LogP contribution is -2.28. The van der Waals surface area contributed by atoms with Crippen molar-refractivity contribution in [1.82, 2.24) is 4.90 Å². The third-order valence-corrected chi connectivity index (χ3v) is 3.17. The van der Waals surface area contributed by atoms with Gasteiger partial charge in [0.15, 0.2) is 0 Å². The summed E-state index contributed by atoms with van der Waals surface area (Å²) >= 11 is 5.87. The van der Waals surface area contributed by atoms with Gasteiger partial charge in [-0.25, -0.2) is 0 Å². The molecule has 0 atom stereocenters. The number of amides is 1. The van der Waals surface area contributed by atoms with Crippen molar-refractivity contribution in [2.75, 3.05) is 13.6 Å². The summed E-state index contributed by atoms with van der Waals surface area (Å²) in [6, 6.07) is 0. The lowest BCUT2D eigenvalue weighted by Gasteiger charge is -2.18. The summed E-state index contributed by atoms with van der Waals surface area (Å²) in [5, 5.41) is 0.549. The molecule has 0 unspecified atom stereocenters. The number of halogens is 1. The minimum absolute atomic E-state index is 0.0633. The van der Waals surface area contributed by atoms with E-state index in [9.17, 15) is 4.79 Å². The van der Waals surface area contributed by atoms with Gasteiger partial charge in [-0.05, 0) is 31.9 Å². The number of carbonyl (C=O) groups excluding carboxylic acids is 1. The van der Waals surface area contributed by atoms with Crippen molar-refractivity contribution in [3.63, 3.8) is 0 Å². The third-order valence-electron chi connectivity index (χ3n) is 2.91. The van der Waals surface area contributed by atoms with Crippen LogP contribution in [0.3, 0.4) is 0 Å². The van der Waals surface area contributed by atoms with E-state index in [1.54, 1.807) is 17.1 Å². The molecule has 0 N–H and O–H groups in total. The molecule has 0 rings (SSSR count). The van der Waals surface area contributed by atoms with Gasteiger partial charge in [-0.1, -0.05) is 44.0 Å². The summed E-state index contributed by atoms with van der Waals surface area (Å²) in [6.07, 6.45) is 6.69. The topological polar surface area (TPSA) is 20.3 Å². The number of allylic oxidation sites excluding steroid dienone is 4. The molecule has 2 nitrogen and oxygen atoms in total. The summed E-state index contributed by atoms with van der Waals surface area (Å²) < 4.78 is 0. The van der Waals surface area contributed by atoms with Crippen molar-refractivity contribution in [2.24, 2.45) is 0 Å². The third kappa shape index (κ3) is 6.06. The van der Waals surface area contributed by atoms with Crippen LogP contribution in [0.4, 0.5) is 0 Å². The fraction of sp³-hybridized carbons (Fsp3) is 0.533. The van der Waals surface area contributed by atoms with Crippen molar-refractivity contribution >= 4 is 17.5 Å². The Morgan fingerprint density at radius 1 is 1.33 bits per heavy atom. The molecule has 0 aromatic rings. The van der Waals surface area contributed by atoms with E-state index in [1.807, 2.05) is 20.9 Å². The summed E-state index contributed by atoms with van der Waals surface area (Å²) in [6.45, 7) is 10.3. The Labute approximate surface area is 116 Å². The summed E-state index contributed by atoms with van der Waals surface area (Å²) in [5.41, 5.74) is 1.61. The zero-order valence-corrected chi connectivity index (χ0v) is 12.7. The van der Waals surface area contributed by atoms with Crippen LogP contribution in [0, 0.1) is 0 Å². The fourth-order valence-corrected chi connectivity index (χ4v) is 1.69. The largest absolute Gasteiger partial charge is 0.342 e. The molecule has 0 aliphatic heterocycles. The lowest BCUT2D eigenvalue weighted by molar-refractivity contribution is -0.125. The Kier molecular flexibility index (Phi) is 8.47. The van der Waals surface area contributed by atoms with E-state index in [1.165, 1.54) is 0 Å². The molecule has 0 aliphatic rings. The minimum atomic E-state index is 0.0633. The molecule has 0 aromatic heterocycles. The van der Waals surface area contributed by atoms with Crippen molar-refractivity contribution in [2.45, 2.75) is 40.0 Å². The minimum Gasteiger partial charge on any atom is -0.342 e. The molecule has 0 spiro atoms. The van der Waals surface area contributed by atoms with Gasteiger partial charge in [-0.15, -0.1) is 0 Å². The molecule has 102 valence electrons.